The Morgan fingerprint density at radius 3 is 1.46 bits per heavy atom. The summed E-state index contributed by atoms with van der Waals surface area (Å²) in [7, 11) is 0. The monoisotopic (exact) mass is 195 g/mol. The zero-order chi connectivity index (χ0) is 9.44. The van der Waals surface area contributed by atoms with E-state index in [1.165, 1.54) is 6.92 Å². The van der Waals surface area contributed by atoms with Gasteiger partial charge in [0.1, 0.15) is 0 Å². The Hall–Kier alpha value is -0.580. The van der Waals surface area contributed by atoms with Crippen LogP contribution in [0.15, 0.2) is 24.8 Å². The third kappa shape index (κ3) is 34.5. The molecule has 70 valence electrons. The number of carboxylic acids is 2. The molecule has 0 aliphatic rings. The smallest absolute Gasteiger partial charge is 0.545 e. The van der Waals surface area contributed by atoms with Crippen molar-refractivity contribution in [1.29, 1.82) is 0 Å². The van der Waals surface area contributed by atoms with Gasteiger partial charge in [-0.15, -0.1) is 0 Å². The van der Waals surface area contributed by atoms with E-state index < -0.39 is 11.9 Å². The summed E-state index contributed by atoms with van der Waals surface area (Å²) >= 11 is 0. The average molecular weight is 195 g/mol. The normalized spacial score (nSPS) is 5.92. The van der Waals surface area contributed by atoms with E-state index in [1.54, 1.807) is 0 Å². The van der Waals surface area contributed by atoms with Gasteiger partial charge in [-0.25, -0.2) is 0 Å². The van der Waals surface area contributed by atoms with E-state index in [9.17, 15) is 9.90 Å². The summed E-state index contributed by atoms with van der Waals surface area (Å²) in [5.41, 5.74) is 0.0648. The Morgan fingerprint density at radius 1 is 1.31 bits per heavy atom. The molecule has 0 aliphatic heterocycles. The first-order valence-corrected chi connectivity index (χ1v) is 2.62. The van der Waals surface area contributed by atoms with Gasteiger partial charge in [0.15, 0.2) is 0 Å². The predicted octanol–water partition coefficient (Wildman–Crippen LogP) is -4.13. The van der Waals surface area contributed by atoms with Crippen LogP contribution in [0.1, 0.15) is 14.4 Å². The van der Waals surface area contributed by atoms with Crippen LogP contribution >= 0.6 is 0 Å². The number of rotatable bonds is 2. The van der Waals surface area contributed by atoms with Gasteiger partial charge in [-0.2, -0.15) is 0 Å². The molecule has 0 aromatic heterocycles. The molecule has 0 aliphatic carbocycles. The maximum absolute atomic E-state index is 9.49. The summed E-state index contributed by atoms with van der Waals surface area (Å²) < 4.78 is 0. The molecule has 0 amide bonds. The van der Waals surface area contributed by atoms with Crippen LogP contribution < -0.4 is 39.8 Å². The van der Waals surface area contributed by atoms with Crippen molar-refractivity contribution in [3.05, 3.63) is 24.8 Å². The maximum Gasteiger partial charge on any atom is 1.00 e. The summed E-state index contributed by atoms with van der Waals surface area (Å²) in [4.78, 5) is 18.6. The van der Waals surface area contributed by atoms with Crippen molar-refractivity contribution >= 4 is 11.9 Å². The molecule has 13 heavy (non-hydrogen) atoms. The SMILES string of the molecule is C.C=C(C)C(=O)[O-].C=CC(=O)[O-].[Na+]. The first-order valence-electron chi connectivity index (χ1n) is 2.62. The maximum atomic E-state index is 9.49. The number of carboxylic acid groups (broad SMARTS) is 2. The van der Waals surface area contributed by atoms with Gasteiger partial charge in [0.05, 0.1) is 11.9 Å². The molecule has 0 saturated heterocycles. The van der Waals surface area contributed by atoms with Gasteiger partial charge < -0.3 is 19.8 Å². The average Bonchev–Trinajstić information content (AvgIpc) is 1.89. The van der Waals surface area contributed by atoms with Crippen molar-refractivity contribution in [1.82, 2.24) is 0 Å². The molecule has 0 fully saturated rings. The van der Waals surface area contributed by atoms with E-state index in [-0.39, 0.29) is 42.6 Å². The third-order valence-electron chi connectivity index (χ3n) is 0.515. The fraction of sp³-hybridized carbons (Fsp3) is 0.250. The molecule has 5 heteroatoms. The molecular weight excluding hydrogens is 183 g/mol. The van der Waals surface area contributed by atoms with Crippen molar-refractivity contribution in [2.24, 2.45) is 0 Å². The molecule has 0 radical (unpaired) electrons. The molecule has 0 aromatic carbocycles. The van der Waals surface area contributed by atoms with Crippen molar-refractivity contribution in [2.75, 3.05) is 0 Å². The molecule has 4 nitrogen and oxygen atoms in total. The minimum atomic E-state index is -1.23. The van der Waals surface area contributed by atoms with E-state index in [1.807, 2.05) is 0 Å². The number of aliphatic carboxylic acids is 2. The van der Waals surface area contributed by atoms with Crippen LogP contribution in [0.4, 0.5) is 0 Å². The van der Waals surface area contributed by atoms with Gasteiger partial charge in [-0.1, -0.05) is 20.6 Å². The molecular formula is C8H12NaO4-. The number of hydrogen-bond acceptors (Lipinski definition) is 4. The van der Waals surface area contributed by atoms with Crippen molar-refractivity contribution < 1.29 is 49.4 Å². The second-order valence-electron chi connectivity index (χ2n) is 1.59. The van der Waals surface area contributed by atoms with Crippen molar-refractivity contribution in [3.8, 4) is 0 Å². The summed E-state index contributed by atoms with van der Waals surface area (Å²) in [5, 5.41) is 18.6. The molecule has 0 saturated carbocycles. The summed E-state index contributed by atoms with van der Waals surface area (Å²) in [6.45, 7) is 7.38. The van der Waals surface area contributed by atoms with Crippen LogP contribution in [0.3, 0.4) is 0 Å². The largest absolute Gasteiger partial charge is 1.00 e. The van der Waals surface area contributed by atoms with Crippen LogP contribution in [0.2, 0.25) is 0 Å². The van der Waals surface area contributed by atoms with Gasteiger partial charge >= 0.3 is 29.6 Å². The van der Waals surface area contributed by atoms with Crippen LogP contribution in [0.5, 0.6) is 0 Å². The number of carbonyl (C=O) groups excluding carboxylic acids is 2. The van der Waals surface area contributed by atoms with Crippen molar-refractivity contribution in [2.45, 2.75) is 14.4 Å². The Bertz CT molecular complexity index is 175. The number of carbonyl (C=O) groups is 2. The third-order valence-corrected chi connectivity index (χ3v) is 0.515. The summed E-state index contributed by atoms with van der Waals surface area (Å²) in [6.07, 6.45) is 0.722. The molecule has 0 unspecified atom stereocenters. The van der Waals surface area contributed by atoms with Gasteiger partial charge in [-0.05, 0) is 18.6 Å². The van der Waals surface area contributed by atoms with Crippen molar-refractivity contribution in [3.63, 3.8) is 0 Å². The zero-order valence-electron chi connectivity index (χ0n) is 7.12. The first kappa shape index (κ1) is 22.8. The fourth-order valence-corrected chi connectivity index (χ4v) is 0. The molecule has 0 N–H and O–H groups in total. The van der Waals surface area contributed by atoms with Gasteiger partial charge in [0.25, 0.3) is 0 Å². The van der Waals surface area contributed by atoms with Crippen LogP contribution in [-0.4, -0.2) is 11.9 Å². The van der Waals surface area contributed by atoms with Gasteiger partial charge in [0, 0.05) is 0 Å². The second kappa shape index (κ2) is 14.0. The first-order chi connectivity index (χ1) is 4.91. The molecule has 0 heterocycles. The van der Waals surface area contributed by atoms with Gasteiger partial charge in [0.2, 0.25) is 0 Å². The van der Waals surface area contributed by atoms with Crippen LogP contribution in [-0.2, 0) is 9.59 Å². The van der Waals surface area contributed by atoms with Gasteiger partial charge in [-0.3, -0.25) is 0 Å². The van der Waals surface area contributed by atoms with E-state index in [2.05, 4.69) is 13.2 Å². The minimum Gasteiger partial charge on any atom is -0.545 e. The van der Waals surface area contributed by atoms with E-state index in [4.69, 9.17) is 9.90 Å². The van der Waals surface area contributed by atoms with E-state index in [0.717, 1.165) is 6.08 Å². The zero-order valence-corrected chi connectivity index (χ0v) is 9.12. The summed E-state index contributed by atoms with van der Waals surface area (Å²) in [5.74, 6) is -2.42. The molecule has 0 rings (SSSR count). The standard InChI is InChI=1S/C4H6O2.C3H4O2.CH4.Na/c1-3(2)4(5)6;1-2-3(4)5;;/h1H2,2H3,(H,5,6);2H,1H2,(H,4,5);1H4;/q;;;+1/p-2. The molecule has 0 atom stereocenters. The summed E-state index contributed by atoms with van der Waals surface area (Å²) in [6, 6.07) is 0. The minimum absolute atomic E-state index is 0. The second-order valence-corrected chi connectivity index (χ2v) is 1.59. The molecule has 0 aromatic rings. The van der Waals surface area contributed by atoms with E-state index in [0.29, 0.717) is 0 Å². The molecule has 0 bridgehead atoms. The van der Waals surface area contributed by atoms with Crippen LogP contribution in [0.25, 0.3) is 0 Å². The Morgan fingerprint density at radius 2 is 1.46 bits per heavy atom. The number of hydrogen-bond donors (Lipinski definition) is 0. The Labute approximate surface area is 100 Å². The predicted molar refractivity (Wildman–Crippen MR) is 41.8 cm³/mol. The molecule has 0 spiro atoms. The van der Waals surface area contributed by atoms with E-state index >= 15 is 0 Å². The Balaban J connectivity index is -0.0000000546. The van der Waals surface area contributed by atoms with Crippen LogP contribution in [0, 0.1) is 0 Å². The Kier molecular flexibility index (Phi) is 24.6. The fourth-order valence-electron chi connectivity index (χ4n) is 0. The quantitative estimate of drug-likeness (QED) is 0.331. The topological polar surface area (TPSA) is 80.3 Å².